The number of unbranched alkanes of at least 4 members (excludes halogenated alkanes) is 7. The van der Waals surface area contributed by atoms with E-state index in [1.807, 2.05) is 11.8 Å². The van der Waals surface area contributed by atoms with Crippen LogP contribution in [0.1, 0.15) is 81.5 Å². The van der Waals surface area contributed by atoms with Gasteiger partial charge in [0.1, 0.15) is 5.82 Å². The summed E-state index contributed by atoms with van der Waals surface area (Å²) in [5, 5.41) is 0. The van der Waals surface area contributed by atoms with E-state index in [9.17, 15) is 9.18 Å². The Morgan fingerprint density at radius 1 is 0.870 bits per heavy atom. The number of Topliss-reactive ketones (excluding diaryl/α,β-unsaturated/α-hetero) is 1. The number of hydrogen-bond donors (Lipinski definition) is 0. The van der Waals surface area contributed by atoms with Gasteiger partial charge in [-0.15, -0.1) is 0 Å². The molecule has 1 rings (SSSR count). The van der Waals surface area contributed by atoms with E-state index in [0.717, 1.165) is 12.2 Å². The molecule has 0 aliphatic carbocycles. The van der Waals surface area contributed by atoms with Gasteiger partial charge in [-0.25, -0.2) is 4.39 Å². The molecule has 0 saturated carbocycles. The molecule has 130 valence electrons. The van der Waals surface area contributed by atoms with Crippen molar-refractivity contribution in [2.45, 2.75) is 71.1 Å². The van der Waals surface area contributed by atoms with Gasteiger partial charge in [0.15, 0.2) is 5.78 Å². The SMILES string of the molecule is CCCCCCCCCCSCCCC(=O)c1ccc(F)cc1. The standard InChI is InChI=1S/C20H31FOS/c1-2-3-4-5-6-7-8-9-16-23-17-10-11-20(22)18-12-14-19(21)15-13-18/h12-15H,2-11,16-17H2,1H3. The normalized spacial score (nSPS) is 10.9. The summed E-state index contributed by atoms with van der Waals surface area (Å²) in [6.07, 6.45) is 12.4. The lowest BCUT2D eigenvalue weighted by Crippen LogP contribution is -1.99. The molecule has 0 aromatic heterocycles. The van der Waals surface area contributed by atoms with Crippen molar-refractivity contribution in [2.24, 2.45) is 0 Å². The Hall–Kier alpha value is -0.830. The number of benzene rings is 1. The molecule has 0 atom stereocenters. The van der Waals surface area contributed by atoms with E-state index in [1.165, 1.54) is 69.3 Å². The Balaban J connectivity index is 1.89. The third-order valence-corrected chi connectivity index (χ3v) is 5.16. The van der Waals surface area contributed by atoms with Crippen molar-refractivity contribution in [3.05, 3.63) is 35.6 Å². The van der Waals surface area contributed by atoms with Crippen molar-refractivity contribution in [2.75, 3.05) is 11.5 Å². The summed E-state index contributed by atoms with van der Waals surface area (Å²) in [7, 11) is 0. The molecule has 1 aromatic rings. The van der Waals surface area contributed by atoms with Gasteiger partial charge in [-0.1, -0.05) is 51.9 Å². The highest BCUT2D eigenvalue weighted by Gasteiger charge is 2.05. The Labute approximate surface area is 145 Å². The first-order valence-electron chi connectivity index (χ1n) is 9.10. The highest BCUT2D eigenvalue weighted by atomic mass is 32.2. The summed E-state index contributed by atoms with van der Waals surface area (Å²) in [6, 6.07) is 5.85. The number of carbonyl (C=O) groups excluding carboxylic acids is 1. The van der Waals surface area contributed by atoms with Gasteiger partial charge in [0.25, 0.3) is 0 Å². The molecule has 0 fully saturated rings. The van der Waals surface area contributed by atoms with Gasteiger partial charge >= 0.3 is 0 Å². The molecule has 0 unspecified atom stereocenters. The highest BCUT2D eigenvalue weighted by molar-refractivity contribution is 7.99. The van der Waals surface area contributed by atoms with Gasteiger partial charge in [-0.05, 0) is 48.6 Å². The molecule has 1 nitrogen and oxygen atoms in total. The zero-order chi connectivity index (χ0) is 16.8. The smallest absolute Gasteiger partial charge is 0.162 e. The van der Waals surface area contributed by atoms with Gasteiger partial charge < -0.3 is 0 Å². The molecule has 0 bridgehead atoms. The van der Waals surface area contributed by atoms with Crippen LogP contribution in [-0.4, -0.2) is 17.3 Å². The summed E-state index contributed by atoms with van der Waals surface area (Å²) >= 11 is 1.95. The topological polar surface area (TPSA) is 17.1 Å². The molecular formula is C20H31FOS. The Kier molecular flexibility index (Phi) is 11.9. The van der Waals surface area contributed by atoms with E-state index in [0.29, 0.717) is 12.0 Å². The van der Waals surface area contributed by atoms with E-state index < -0.39 is 0 Å². The molecule has 0 amide bonds. The average molecular weight is 339 g/mol. The molecule has 0 saturated heterocycles. The number of rotatable bonds is 14. The second-order valence-electron chi connectivity index (χ2n) is 6.12. The second kappa shape index (κ2) is 13.6. The first-order chi connectivity index (χ1) is 11.2. The monoisotopic (exact) mass is 338 g/mol. The molecule has 0 heterocycles. The highest BCUT2D eigenvalue weighted by Crippen LogP contribution is 2.14. The molecule has 0 spiro atoms. The number of hydrogen-bond acceptors (Lipinski definition) is 2. The molecule has 23 heavy (non-hydrogen) atoms. The maximum absolute atomic E-state index is 12.8. The average Bonchev–Trinajstić information content (AvgIpc) is 2.56. The summed E-state index contributed by atoms with van der Waals surface area (Å²) in [6.45, 7) is 2.25. The van der Waals surface area contributed by atoms with Crippen LogP contribution in [0.2, 0.25) is 0 Å². The first-order valence-corrected chi connectivity index (χ1v) is 10.3. The molecule has 0 aliphatic heterocycles. The third kappa shape index (κ3) is 10.5. The van der Waals surface area contributed by atoms with Gasteiger partial charge in [0.05, 0.1) is 0 Å². The maximum Gasteiger partial charge on any atom is 0.162 e. The fourth-order valence-electron chi connectivity index (χ4n) is 2.55. The van der Waals surface area contributed by atoms with E-state index in [1.54, 1.807) is 12.1 Å². The van der Waals surface area contributed by atoms with Crippen molar-refractivity contribution in [3.63, 3.8) is 0 Å². The van der Waals surface area contributed by atoms with Crippen molar-refractivity contribution >= 4 is 17.5 Å². The van der Waals surface area contributed by atoms with Crippen molar-refractivity contribution < 1.29 is 9.18 Å². The zero-order valence-electron chi connectivity index (χ0n) is 14.5. The summed E-state index contributed by atoms with van der Waals surface area (Å²) in [5.74, 6) is 2.09. The third-order valence-electron chi connectivity index (χ3n) is 4.00. The van der Waals surface area contributed by atoms with Crippen LogP contribution in [0.3, 0.4) is 0 Å². The number of thioether (sulfide) groups is 1. The molecular weight excluding hydrogens is 307 g/mol. The fourth-order valence-corrected chi connectivity index (χ4v) is 3.52. The van der Waals surface area contributed by atoms with Crippen LogP contribution in [-0.2, 0) is 0 Å². The Morgan fingerprint density at radius 2 is 1.43 bits per heavy atom. The van der Waals surface area contributed by atoms with Crippen molar-refractivity contribution in [3.8, 4) is 0 Å². The zero-order valence-corrected chi connectivity index (χ0v) is 15.3. The van der Waals surface area contributed by atoms with Crippen LogP contribution in [0.4, 0.5) is 4.39 Å². The number of carbonyl (C=O) groups is 1. The Morgan fingerprint density at radius 3 is 2.09 bits per heavy atom. The van der Waals surface area contributed by atoms with Crippen LogP contribution in [0, 0.1) is 5.82 Å². The van der Waals surface area contributed by atoms with Crippen LogP contribution in [0.5, 0.6) is 0 Å². The predicted octanol–water partition coefficient (Wildman–Crippen LogP) is 6.66. The fraction of sp³-hybridized carbons (Fsp3) is 0.650. The van der Waals surface area contributed by atoms with Gasteiger partial charge in [0, 0.05) is 12.0 Å². The van der Waals surface area contributed by atoms with Gasteiger partial charge in [-0.3, -0.25) is 4.79 Å². The maximum atomic E-state index is 12.8. The molecule has 0 radical (unpaired) electrons. The predicted molar refractivity (Wildman–Crippen MR) is 99.9 cm³/mol. The quantitative estimate of drug-likeness (QED) is 0.278. The minimum atomic E-state index is -0.289. The first kappa shape index (κ1) is 20.2. The minimum Gasteiger partial charge on any atom is -0.294 e. The largest absolute Gasteiger partial charge is 0.294 e. The summed E-state index contributed by atoms with van der Waals surface area (Å²) < 4.78 is 12.8. The van der Waals surface area contributed by atoms with E-state index >= 15 is 0 Å². The van der Waals surface area contributed by atoms with E-state index in [-0.39, 0.29) is 11.6 Å². The molecule has 3 heteroatoms. The number of halogens is 1. The van der Waals surface area contributed by atoms with Gasteiger partial charge in [-0.2, -0.15) is 11.8 Å². The van der Waals surface area contributed by atoms with Crippen LogP contribution >= 0.6 is 11.8 Å². The van der Waals surface area contributed by atoms with Gasteiger partial charge in [0.2, 0.25) is 0 Å². The molecule has 0 aliphatic rings. The van der Waals surface area contributed by atoms with Crippen LogP contribution < -0.4 is 0 Å². The lowest BCUT2D eigenvalue weighted by atomic mass is 10.1. The van der Waals surface area contributed by atoms with Crippen LogP contribution in [0.25, 0.3) is 0 Å². The molecule has 0 N–H and O–H groups in total. The lowest BCUT2D eigenvalue weighted by Gasteiger charge is -2.03. The number of ketones is 1. The molecule has 1 aromatic carbocycles. The summed E-state index contributed by atoms with van der Waals surface area (Å²) in [4.78, 5) is 11.9. The lowest BCUT2D eigenvalue weighted by molar-refractivity contribution is 0.0982. The van der Waals surface area contributed by atoms with E-state index in [4.69, 9.17) is 0 Å². The second-order valence-corrected chi connectivity index (χ2v) is 7.35. The van der Waals surface area contributed by atoms with Crippen molar-refractivity contribution in [1.82, 2.24) is 0 Å². The summed E-state index contributed by atoms with van der Waals surface area (Å²) in [5.41, 5.74) is 0.625. The Bertz CT molecular complexity index is 416. The minimum absolute atomic E-state index is 0.123. The van der Waals surface area contributed by atoms with E-state index in [2.05, 4.69) is 6.92 Å². The van der Waals surface area contributed by atoms with Crippen molar-refractivity contribution in [1.29, 1.82) is 0 Å². The van der Waals surface area contributed by atoms with Crippen LogP contribution in [0.15, 0.2) is 24.3 Å².